The van der Waals surface area contributed by atoms with E-state index in [4.69, 9.17) is 16.9 Å². The molecule has 4 heteroatoms. The number of rotatable bonds is 4. The molecule has 0 aliphatic heterocycles. The van der Waals surface area contributed by atoms with Crippen LogP contribution in [0.1, 0.15) is 30.1 Å². The summed E-state index contributed by atoms with van der Waals surface area (Å²) in [5, 5.41) is 9.30. The summed E-state index contributed by atoms with van der Waals surface area (Å²) in [6.45, 7) is 1.94. The highest BCUT2D eigenvalue weighted by Crippen LogP contribution is 2.28. The Morgan fingerprint density at radius 1 is 1.62 bits per heavy atom. The van der Waals surface area contributed by atoms with Crippen LogP contribution in [0.3, 0.4) is 0 Å². The Labute approximate surface area is 108 Å². The molecule has 84 valence electrons. The van der Waals surface area contributed by atoms with Crippen molar-refractivity contribution in [3.63, 3.8) is 0 Å². The fourth-order valence-electron chi connectivity index (χ4n) is 1.42. The number of hydrogen-bond acceptors (Lipinski definition) is 2. The SMILES string of the molecule is CCCC(C#N)C(=O)c1cccc(Br)c1Cl. The standard InChI is InChI=1S/C12H11BrClNO/c1-2-4-8(7-15)12(16)9-5-3-6-10(13)11(9)14/h3,5-6,8H,2,4H2,1H3. The molecular weight excluding hydrogens is 289 g/mol. The van der Waals surface area contributed by atoms with E-state index in [1.165, 1.54) is 0 Å². The summed E-state index contributed by atoms with van der Waals surface area (Å²) in [6, 6.07) is 7.18. The van der Waals surface area contributed by atoms with E-state index in [0.717, 1.165) is 6.42 Å². The Morgan fingerprint density at radius 2 is 2.31 bits per heavy atom. The van der Waals surface area contributed by atoms with Crippen LogP contribution in [0.2, 0.25) is 5.02 Å². The fourth-order valence-corrected chi connectivity index (χ4v) is 2.01. The van der Waals surface area contributed by atoms with E-state index < -0.39 is 5.92 Å². The molecular formula is C12H11BrClNO. The number of hydrogen-bond donors (Lipinski definition) is 0. The Kier molecular flexibility index (Phi) is 4.98. The Morgan fingerprint density at radius 3 is 2.88 bits per heavy atom. The molecule has 2 nitrogen and oxygen atoms in total. The normalized spacial score (nSPS) is 11.9. The Hall–Kier alpha value is -0.850. The van der Waals surface area contributed by atoms with E-state index in [1.807, 2.05) is 13.0 Å². The van der Waals surface area contributed by atoms with Gasteiger partial charge in [-0.2, -0.15) is 5.26 Å². The average Bonchev–Trinajstić information content (AvgIpc) is 2.29. The van der Waals surface area contributed by atoms with Crippen molar-refractivity contribution in [3.8, 4) is 6.07 Å². The summed E-state index contributed by atoms with van der Waals surface area (Å²) in [5.74, 6) is -0.799. The maximum absolute atomic E-state index is 12.0. The van der Waals surface area contributed by atoms with Gasteiger partial charge in [0.05, 0.1) is 11.1 Å². The van der Waals surface area contributed by atoms with Gasteiger partial charge in [0.15, 0.2) is 5.78 Å². The van der Waals surface area contributed by atoms with Gasteiger partial charge in [0.2, 0.25) is 0 Å². The second-order valence-corrected chi connectivity index (χ2v) is 4.67. The number of carbonyl (C=O) groups is 1. The van der Waals surface area contributed by atoms with Gasteiger partial charge in [-0.15, -0.1) is 0 Å². The molecule has 1 aromatic carbocycles. The van der Waals surface area contributed by atoms with E-state index >= 15 is 0 Å². The van der Waals surface area contributed by atoms with Crippen molar-refractivity contribution in [2.45, 2.75) is 19.8 Å². The molecule has 0 radical (unpaired) electrons. The van der Waals surface area contributed by atoms with Gasteiger partial charge < -0.3 is 0 Å². The quantitative estimate of drug-likeness (QED) is 0.781. The van der Waals surface area contributed by atoms with E-state index in [1.54, 1.807) is 18.2 Å². The lowest BCUT2D eigenvalue weighted by Gasteiger charge is -2.08. The van der Waals surface area contributed by atoms with Crippen LogP contribution in [0.5, 0.6) is 0 Å². The maximum atomic E-state index is 12.0. The molecule has 0 bridgehead atoms. The largest absolute Gasteiger partial charge is 0.293 e. The summed E-state index contributed by atoms with van der Waals surface area (Å²) in [7, 11) is 0. The Balaban J connectivity index is 3.05. The van der Waals surface area contributed by atoms with Crippen molar-refractivity contribution >= 4 is 33.3 Å². The van der Waals surface area contributed by atoms with Crippen LogP contribution in [0.15, 0.2) is 22.7 Å². The molecule has 16 heavy (non-hydrogen) atoms. The highest BCUT2D eigenvalue weighted by molar-refractivity contribution is 9.10. The summed E-state index contributed by atoms with van der Waals surface area (Å²) in [4.78, 5) is 12.0. The molecule has 0 N–H and O–H groups in total. The molecule has 0 heterocycles. The van der Waals surface area contributed by atoms with Crippen LogP contribution in [0.25, 0.3) is 0 Å². The van der Waals surface area contributed by atoms with Crippen molar-refractivity contribution in [2.24, 2.45) is 5.92 Å². The molecule has 0 aromatic heterocycles. The van der Waals surface area contributed by atoms with Gasteiger partial charge in [-0.05, 0) is 34.5 Å². The lowest BCUT2D eigenvalue weighted by Crippen LogP contribution is -2.13. The molecule has 0 amide bonds. The van der Waals surface area contributed by atoms with Gasteiger partial charge in [0.1, 0.15) is 5.92 Å². The number of halogens is 2. The second kappa shape index (κ2) is 6.03. The zero-order chi connectivity index (χ0) is 12.1. The predicted molar refractivity (Wildman–Crippen MR) is 67.5 cm³/mol. The van der Waals surface area contributed by atoms with Crippen LogP contribution in [0, 0.1) is 17.2 Å². The van der Waals surface area contributed by atoms with Crippen molar-refractivity contribution < 1.29 is 4.79 Å². The molecule has 0 saturated carbocycles. The van der Waals surface area contributed by atoms with Crippen LogP contribution in [-0.4, -0.2) is 5.78 Å². The third-order valence-corrected chi connectivity index (χ3v) is 3.56. The monoisotopic (exact) mass is 299 g/mol. The fraction of sp³-hybridized carbons (Fsp3) is 0.333. The van der Waals surface area contributed by atoms with Gasteiger partial charge in [-0.25, -0.2) is 0 Å². The van der Waals surface area contributed by atoms with E-state index in [0.29, 0.717) is 21.5 Å². The third kappa shape index (κ3) is 2.84. The van der Waals surface area contributed by atoms with Gasteiger partial charge in [0, 0.05) is 10.0 Å². The van der Waals surface area contributed by atoms with Crippen LogP contribution in [0.4, 0.5) is 0 Å². The van der Waals surface area contributed by atoms with Gasteiger partial charge >= 0.3 is 0 Å². The first-order chi connectivity index (χ1) is 7.61. The molecule has 0 fully saturated rings. The average molecular weight is 301 g/mol. The number of nitrogens with zero attached hydrogens (tertiary/aromatic N) is 1. The smallest absolute Gasteiger partial charge is 0.181 e. The van der Waals surface area contributed by atoms with Gasteiger partial charge in [-0.1, -0.05) is 31.0 Å². The zero-order valence-corrected chi connectivity index (χ0v) is 11.2. The molecule has 1 unspecified atom stereocenters. The van der Waals surface area contributed by atoms with Crippen molar-refractivity contribution in [1.82, 2.24) is 0 Å². The van der Waals surface area contributed by atoms with Gasteiger partial charge in [-0.3, -0.25) is 4.79 Å². The number of nitriles is 1. The second-order valence-electron chi connectivity index (χ2n) is 3.44. The summed E-state index contributed by atoms with van der Waals surface area (Å²) in [6.07, 6.45) is 1.37. The lowest BCUT2D eigenvalue weighted by molar-refractivity contribution is 0.0943. The minimum Gasteiger partial charge on any atom is -0.293 e. The molecule has 0 aliphatic carbocycles. The maximum Gasteiger partial charge on any atom is 0.181 e. The minimum absolute atomic E-state index is 0.198. The molecule has 0 spiro atoms. The van der Waals surface area contributed by atoms with E-state index in [9.17, 15) is 4.79 Å². The first kappa shape index (κ1) is 13.2. The first-order valence-corrected chi connectivity index (χ1v) is 6.16. The van der Waals surface area contributed by atoms with Gasteiger partial charge in [0.25, 0.3) is 0 Å². The van der Waals surface area contributed by atoms with Crippen molar-refractivity contribution in [3.05, 3.63) is 33.3 Å². The lowest BCUT2D eigenvalue weighted by atomic mass is 9.95. The van der Waals surface area contributed by atoms with Crippen LogP contribution < -0.4 is 0 Å². The molecule has 1 rings (SSSR count). The number of benzene rings is 1. The topological polar surface area (TPSA) is 40.9 Å². The van der Waals surface area contributed by atoms with E-state index in [-0.39, 0.29) is 5.78 Å². The highest BCUT2D eigenvalue weighted by atomic mass is 79.9. The highest BCUT2D eigenvalue weighted by Gasteiger charge is 2.21. The molecule has 1 atom stereocenters. The van der Waals surface area contributed by atoms with E-state index in [2.05, 4.69) is 15.9 Å². The summed E-state index contributed by atoms with van der Waals surface area (Å²) < 4.78 is 0.674. The summed E-state index contributed by atoms with van der Waals surface area (Å²) in [5.41, 5.74) is 0.413. The third-order valence-electron chi connectivity index (χ3n) is 2.27. The molecule has 0 saturated heterocycles. The molecule has 0 aliphatic rings. The zero-order valence-electron chi connectivity index (χ0n) is 8.84. The first-order valence-electron chi connectivity index (χ1n) is 4.99. The number of Topliss-reactive ketones (excluding diaryl/α,β-unsaturated/α-hetero) is 1. The summed E-state index contributed by atoms with van der Waals surface area (Å²) >= 11 is 9.27. The van der Waals surface area contributed by atoms with Crippen molar-refractivity contribution in [1.29, 1.82) is 5.26 Å². The number of ketones is 1. The van der Waals surface area contributed by atoms with Crippen LogP contribution in [-0.2, 0) is 0 Å². The molecule has 1 aromatic rings. The number of carbonyl (C=O) groups excluding carboxylic acids is 1. The Bertz CT molecular complexity index is 439. The van der Waals surface area contributed by atoms with Crippen molar-refractivity contribution in [2.75, 3.05) is 0 Å². The predicted octanol–water partition coefficient (Wildman–Crippen LogP) is 4.23. The van der Waals surface area contributed by atoms with Crippen LogP contribution >= 0.6 is 27.5 Å². The minimum atomic E-state index is -0.600.